The van der Waals surface area contributed by atoms with Crippen LogP contribution in [0.2, 0.25) is 0 Å². The Morgan fingerprint density at radius 2 is 2.35 bits per heavy atom. The molecular formula is C14H17NO5. The van der Waals surface area contributed by atoms with Crippen LogP contribution in [0.25, 0.3) is 0 Å². The van der Waals surface area contributed by atoms with E-state index in [0.717, 1.165) is 12.7 Å². The number of hydrogen-bond acceptors (Lipinski definition) is 6. The maximum Gasteiger partial charge on any atom is 0.360 e. The summed E-state index contributed by atoms with van der Waals surface area (Å²) in [5.74, 6) is 0.345. The first-order chi connectivity index (χ1) is 9.67. The number of oxazole rings is 1. The van der Waals surface area contributed by atoms with E-state index in [0.29, 0.717) is 18.2 Å². The van der Waals surface area contributed by atoms with E-state index in [-0.39, 0.29) is 17.7 Å². The maximum atomic E-state index is 11.3. The minimum absolute atomic E-state index is 0.143. The van der Waals surface area contributed by atoms with Gasteiger partial charge in [0.1, 0.15) is 12.5 Å². The van der Waals surface area contributed by atoms with E-state index in [1.807, 2.05) is 12.2 Å². The van der Waals surface area contributed by atoms with Gasteiger partial charge >= 0.3 is 5.97 Å². The molecule has 1 heterocycles. The van der Waals surface area contributed by atoms with E-state index in [1.54, 1.807) is 7.11 Å². The van der Waals surface area contributed by atoms with Crippen molar-refractivity contribution in [2.75, 3.05) is 14.2 Å². The van der Waals surface area contributed by atoms with E-state index < -0.39 is 5.97 Å². The largest absolute Gasteiger partial charge is 0.464 e. The molecule has 2 rings (SSSR count). The van der Waals surface area contributed by atoms with Crippen LogP contribution >= 0.6 is 0 Å². The molecule has 0 aromatic carbocycles. The van der Waals surface area contributed by atoms with E-state index in [9.17, 15) is 9.59 Å². The van der Waals surface area contributed by atoms with Crippen molar-refractivity contribution in [3.05, 3.63) is 30.0 Å². The van der Waals surface area contributed by atoms with Gasteiger partial charge in [0.15, 0.2) is 11.6 Å². The number of nitrogens with zero attached hydrogens (tertiary/aromatic N) is 1. The normalized spacial score (nSPS) is 22.7. The monoisotopic (exact) mass is 279 g/mol. The molecule has 0 spiro atoms. The van der Waals surface area contributed by atoms with Crippen LogP contribution in [0.15, 0.2) is 22.8 Å². The first-order valence-electron chi connectivity index (χ1n) is 6.37. The summed E-state index contributed by atoms with van der Waals surface area (Å²) in [5, 5.41) is 0. The first kappa shape index (κ1) is 14.5. The van der Waals surface area contributed by atoms with Crippen molar-refractivity contribution in [1.29, 1.82) is 0 Å². The van der Waals surface area contributed by atoms with Gasteiger partial charge in [-0.2, -0.15) is 0 Å². The number of aromatic nitrogens is 1. The van der Waals surface area contributed by atoms with Crippen LogP contribution in [0.4, 0.5) is 0 Å². The Labute approximate surface area is 116 Å². The average molecular weight is 279 g/mol. The van der Waals surface area contributed by atoms with Gasteiger partial charge in [-0.05, 0) is 12.3 Å². The summed E-state index contributed by atoms with van der Waals surface area (Å²) >= 11 is 0. The fraction of sp³-hybridized carbons (Fsp3) is 0.500. The summed E-state index contributed by atoms with van der Waals surface area (Å²) in [4.78, 5) is 25.8. The summed E-state index contributed by atoms with van der Waals surface area (Å²) < 4.78 is 15.1. The predicted molar refractivity (Wildman–Crippen MR) is 69.1 cm³/mol. The van der Waals surface area contributed by atoms with E-state index in [2.05, 4.69) is 9.72 Å². The highest BCUT2D eigenvalue weighted by Gasteiger charge is 2.34. The van der Waals surface area contributed by atoms with Crippen LogP contribution in [0.5, 0.6) is 0 Å². The zero-order chi connectivity index (χ0) is 14.5. The van der Waals surface area contributed by atoms with Gasteiger partial charge in [0.25, 0.3) is 0 Å². The standard InChI is InChI=1S/C14H17NO5/c1-18-11(4-3-9-5-10(9)7-16)6-13-15-12(8-20-13)14(17)19-2/h3-4,7-11H,5-6H2,1-2H3/b4-3+/t9-,10-,11+/m1/s1. The number of hydrogen-bond donors (Lipinski definition) is 0. The molecule has 6 nitrogen and oxygen atoms in total. The molecule has 0 aliphatic heterocycles. The van der Waals surface area contributed by atoms with Gasteiger partial charge in [0, 0.05) is 13.0 Å². The lowest BCUT2D eigenvalue weighted by molar-refractivity contribution is -0.109. The Morgan fingerprint density at radius 3 is 2.95 bits per heavy atom. The number of carbonyl (C=O) groups excluding carboxylic acids is 2. The molecule has 6 heteroatoms. The molecule has 20 heavy (non-hydrogen) atoms. The van der Waals surface area contributed by atoms with Gasteiger partial charge < -0.3 is 18.7 Å². The summed E-state index contributed by atoms with van der Waals surface area (Å²) in [5.41, 5.74) is 0.143. The lowest BCUT2D eigenvalue weighted by Crippen LogP contribution is -2.11. The molecule has 108 valence electrons. The Balaban J connectivity index is 1.91. The number of rotatable bonds is 7. The van der Waals surface area contributed by atoms with Crippen LogP contribution in [0.1, 0.15) is 22.8 Å². The third-order valence-corrected chi connectivity index (χ3v) is 3.26. The summed E-state index contributed by atoms with van der Waals surface area (Å²) in [6.45, 7) is 0. The summed E-state index contributed by atoms with van der Waals surface area (Å²) in [6, 6.07) is 0. The zero-order valence-corrected chi connectivity index (χ0v) is 11.4. The van der Waals surface area contributed by atoms with Gasteiger partial charge in [-0.15, -0.1) is 0 Å². The Bertz CT molecular complexity index is 507. The molecule has 0 unspecified atom stereocenters. The molecule has 0 radical (unpaired) electrons. The lowest BCUT2D eigenvalue weighted by atomic mass is 10.2. The third-order valence-electron chi connectivity index (χ3n) is 3.26. The van der Waals surface area contributed by atoms with E-state index >= 15 is 0 Å². The van der Waals surface area contributed by atoms with Gasteiger partial charge in [-0.1, -0.05) is 12.2 Å². The van der Waals surface area contributed by atoms with Crippen LogP contribution in [-0.4, -0.2) is 37.6 Å². The van der Waals surface area contributed by atoms with Crippen molar-refractivity contribution in [3.8, 4) is 0 Å². The molecule has 1 fully saturated rings. The summed E-state index contributed by atoms with van der Waals surface area (Å²) in [6.07, 6.45) is 7.25. The first-order valence-corrected chi connectivity index (χ1v) is 6.37. The molecule has 0 amide bonds. The molecule has 1 aromatic rings. The molecule has 0 saturated heterocycles. The van der Waals surface area contributed by atoms with Gasteiger partial charge in [0.2, 0.25) is 0 Å². The van der Waals surface area contributed by atoms with Crippen LogP contribution < -0.4 is 0 Å². The number of ether oxygens (including phenoxy) is 2. The minimum Gasteiger partial charge on any atom is -0.464 e. The number of methoxy groups -OCH3 is 2. The summed E-state index contributed by atoms with van der Waals surface area (Å²) in [7, 11) is 2.87. The van der Waals surface area contributed by atoms with E-state index in [1.165, 1.54) is 13.4 Å². The highest BCUT2D eigenvalue weighted by molar-refractivity contribution is 5.86. The lowest BCUT2D eigenvalue weighted by Gasteiger charge is -2.07. The fourth-order valence-corrected chi connectivity index (χ4v) is 1.89. The van der Waals surface area contributed by atoms with Crippen LogP contribution in [0, 0.1) is 11.8 Å². The predicted octanol–water partition coefficient (Wildman–Crippen LogP) is 1.41. The Hall–Kier alpha value is -1.95. The highest BCUT2D eigenvalue weighted by atomic mass is 16.5. The molecule has 0 N–H and O–H groups in total. The van der Waals surface area contributed by atoms with Crippen molar-refractivity contribution in [1.82, 2.24) is 4.98 Å². The fourth-order valence-electron chi connectivity index (χ4n) is 1.89. The highest BCUT2D eigenvalue weighted by Crippen LogP contribution is 2.37. The Morgan fingerprint density at radius 1 is 1.55 bits per heavy atom. The average Bonchev–Trinajstić information content (AvgIpc) is 3.09. The number of carbonyl (C=O) groups is 2. The smallest absolute Gasteiger partial charge is 0.360 e. The van der Waals surface area contributed by atoms with Gasteiger partial charge in [-0.3, -0.25) is 0 Å². The molecule has 1 saturated carbocycles. The molecule has 0 bridgehead atoms. The second-order valence-electron chi connectivity index (χ2n) is 4.68. The van der Waals surface area contributed by atoms with Crippen molar-refractivity contribution in [2.45, 2.75) is 18.9 Å². The van der Waals surface area contributed by atoms with Crippen molar-refractivity contribution < 1.29 is 23.5 Å². The minimum atomic E-state index is -0.531. The SMILES string of the molecule is COC(=O)c1coc(C[C@H](/C=C/[C@@H]2C[C@@H]2C=O)OC)n1. The molecule has 3 atom stereocenters. The number of esters is 1. The number of aldehydes is 1. The van der Waals surface area contributed by atoms with Gasteiger partial charge in [0.05, 0.1) is 19.6 Å². The van der Waals surface area contributed by atoms with Gasteiger partial charge in [-0.25, -0.2) is 9.78 Å². The molecule has 1 aliphatic rings. The Kier molecular flexibility index (Phi) is 4.68. The topological polar surface area (TPSA) is 78.6 Å². The van der Waals surface area contributed by atoms with Crippen LogP contribution in [-0.2, 0) is 20.7 Å². The van der Waals surface area contributed by atoms with Crippen molar-refractivity contribution in [2.24, 2.45) is 11.8 Å². The number of allylic oxidation sites excluding steroid dienone is 1. The molecular weight excluding hydrogens is 262 g/mol. The van der Waals surface area contributed by atoms with Crippen molar-refractivity contribution >= 4 is 12.3 Å². The molecule has 1 aromatic heterocycles. The van der Waals surface area contributed by atoms with Crippen molar-refractivity contribution in [3.63, 3.8) is 0 Å². The quantitative estimate of drug-likeness (QED) is 0.426. The third kappa shape index (κ3) is 3.54. The van der Waals surface area contributed by atoms with Crippen LogP contribution in [0.3, 0.4) is 0 Å². The second-order valence-corrected chi connectivity index (χ2v) is 4.68. The molecule has 1 aliphatic carbocycles. The zero-order valence-electron chi connectivity index (χ0n) is 11.4. The second kappa shape index (κ2) is 6.47. The maximum absolute atomic E-state index is 11.3. The van der Waals surface area contributed by atoms with E-state index in [4.69, 9.17) is 9.15 Å².